The predicted molar refractivity (Wildman–Crippen MR) is 139 cm³/mol. The smallest absolute Gasteiger partial charge is 0.251 e. The Labute approximate surface area is 206 Å². The van der Waals surface area contributed by atoms with Crippen LogP contribution in [0.3, 0.4) is 0 Å². The molecule has 2 heterocycles. The summed E-state index contributed by atoms with van der Waals surface area (Å²) in [4.78, 5) is 23.0. The second-order valence-corrected chi connectivity index (χ2v) is 8.92. The second kappa shape index (κ2) is 11.1. The molecule has 1 saturated carbocycles. The number of amides is 1. The number of aryl methyl sites for hydroxylation is 1. The Kier molecular flexibility index (Phi) is 7.77. The van der Waals surface area contributed by atoms with Crippen LogP contribution in [0, 0.1) is 6.92 Å². The summed E-state index contributed by atoms with van der Waals surface area (Å²) in [6.07, 6.45) is 10.6. The van der Waals surface area contributed by atoms with Crippen molar-refractivity contribution in [3.63, 3.8) is 0 Å². The maximum Gasteiger partial charge on any atom is 0.251 e. The molecular weight excluding hydrogens is 438 g/mol. The molecule has 0 radical (unpaired) electrons. The van der Waals surface area contributed by atoms with Gasteiger partial charge in [0.05, 0.1) is 17.6 Å². The molecule has 2 aromatic heterocycles. The Morgan fingerprint density at radius 2 is 1.94 bits per heavy atom. The van der Waals surface area contributed by atoms with Gasteiger partial charge in [-0.05, 0) is 63.8 Å². The number of hydroxylamine groups is 1. The van der Waals surface area contributed by atoms with Gasteiger partial charge in [-0.15, -0.1) is 0 Å². The van der Waals surface area contributed by atoms with E-state index in [0.717, 1.165) is 41.8 Å². The summed E-state index contributed by atoms with van der Waals surface area (Å²) in [7, 11) is 0. The molecule has 1 amide bonds. The van der Waals surface area contributed by atoms with E-state index in [1.165, 1.54) is 11.1 Å². The van der Waals surface area contributed by atoms with Gasteiger partial charge in [-0.3, -0.25) is 4.79 Å². The Hall–Kier alpha value is -3.71. The molecule has 0 saturated heterocycles. The fourth-order valence-corrected chi connectivity index (χ4v) is 3.54. The van der Waals surface area contributed by atoms with Crippen molar-refractivity contribution in [2.45, 2.75) is 59.5 Å². The van der Waals surface area contributed by atoms with E-state index in [1.807, 2.05) is 35.9 Å². The molecule has 0 spiro atoms. The zero-order chi connectivity index (χ0) is 24.8. The van der Waals surface area contributed by atoms with Crippen LogP contribution in [0.1, 0.15) is 62.4 Å². The first kappa shape index (κ1) is 24.4. The van der Waals surface area contributed by atoms with Crippen molar-refractivity contribution in [3.05, 3.63) is 82.8 Å². The van der Waals surface area contributed by atoms with Crippen LogP contribution in [-0.2, 0) is 11.3 Å². The monoisotopic (exact) mass is 471 g/mol. The van der Waals surface area contributed by atoms with Crippen LogP contribution in [0.5, 0.6) is 5.88 Å². The van der Waals surface area contributed by atoms with Gasteiger partial charge < -0.3 is 10.2 Å². The Bertz CT molecular complexity index is 1220. The Balaban J connectivity index is 1.51. The molecule has 1 aliphatic rings. The third-order valence-electron chi connectivity index (χ3n) is 6.01. The van der Waals surface area contributed by atoms with Gasteiger partial charge in [0.15, 0.2) is 0 Å². The molecular formula is C28H33N5O2. The number of rotatable bonds is 10. The van der Waals surface area contributed by atoms with E-state index in [-0.39, 0.29) is 5.91 Å². The largest absolute Gasteiger partial charge is 0.388 e. The third kappa shape index (κ3) is 6.25. The molecule has 35 heavy (non-hydrogen) atoms. The lowest BCUT2D eigenvalue weighted by atomic mass is 10.0. The zero-order valence-electron chi connectivity index (χ0n) is 20.8. The summed E-state index contributed by atoms with van der Waals surface area (Å²) in [5.74, 6) is 0.364. The number of aromatic nitrogens is 3. The van der Waals surface area contributed by atoms with Gasteiger partial charge in [0.2, 0.25) is 5.88 Å². The van der Waals surface area contributed by atoms with Crippen molar-refractivity contribution >= 4 is 17.6 Å². The Morgan fingerprint density at radius 1 is 1.17 bits per heavy atom. The first-order chi connectivity index (χ1) is 17.0. The summed E-state index contributed by atoms with van der Waals surface area (Å²) in [5, 5.41) is 7.66. The number of hydrogen-bond donors (Lipinski definition) is 2. The van der Waals surface area contributed by atoms with E-state index < -0.39 is 0 Å². The van der Waals surface area contributed by atoms with Gasteiger partial charge >= 0.3 is 0 Å². The van der Waals surface area contributed by atoms with Crippen molar-refractivity contribution < 1.29 is 9.63 Å². The molecule has 0 aliphatic heterocycles. The van der Waals surface area contributed by atoms with Crippen molar-refractivity contribution in [2.75, 3.05) is 0 Å². The molecule has 0 unspecified atom stereocenters. The van der Waals surface area contributed by atoms with Crippen LogP contribution in [0.25, 0.3) is 17.3 Å². The summed E-state index contributed by atoms with van der Waals surface area (Å²) >= 11 is 0. The standard InChI is InChI=1S/C28H33N5O2/c1-5-19(3)15-26-25(18-31-33(26)23-12-7-20(4)8-13-23)24(6-2)28(34)30-17-21-9-14-27(29-16-21)35-32-22-10-11-22/h6-9,12-16,18,22,32H,5,10-11,17H2,1-4H3,(H,30,34)/b19-15+,24-6+. The molecule has 182 valence electrons. The molecule has 2 N–H and O–H groups in total. The van der Waals surface area contributed by atoms with Gasteiger partial charge in [-0.1, -0.05) is 42.3 Å². The highest BCUT2D eigenvalue weighted by atomic mass is 16.7. The van der Waals surface area contributed by atoms with Gasteiger partial charge in [0, 0.05) is 36.0 Å². The molecule has 7 nitrogen and oxygen atoms in total. The number of carbonyl (C=O) groups is 1. The van der Waals surface area contributed by atoms with Crippen molar-refractivity contribution in [3.8, 4) is 11.6 Å². The number of nitrogens with zero attached hydrogens (tertiary/aromatic N) is 3. The lowest BCUT2D eigenvalue weighted by molar-refractivity contribution is -0.115. The van der Waals surface area contributed by atoms with E-state index in [0.29, 0.717) is 24.0 Å². The minimum Gasteiger partial charge on any atom is -0.388 e. The van der Waals surface area contributed by atoms with Crippen molar-refractivity contribution in [1.82, 2.24) is 25.6 Å². The summed E-state index contributed by atoms with van der Waals surface area (Å²) < 4.78 is 1.89. The first-order valence-corrected chi connectivity index (χ1v) is 12.1. The second-order valence-electron chi connectivity index (χ2n) is 8.92. The molecule has 1 aromatic carbocycles. The van der Waals surface area contributed by atoms with Crippen LogP contribution in [0.2, 0.25) is 0 Å². The number of benzene rings is 1. The third-order valence-corrected chi connectivity index (χ3v) is 6.01. The molecule has 3 aromatic rings. The van der Waals surface area contributed by atoms with Crippen molar-refractivity contribution in [1.29, 1.82) is 0 Å². The van der Waals surface area contributed by atoms with Crippen LogP contribution >= 0.6 is 0 Å². The molecule has 0 bridgehead atoms. The van der Waals surface area contributed by atoms with E-state index >= 15 is 0 Å². The first-order valence-electron chi connectivity index (χ1n) is 12.1. The zero-order valence-corrected chi connectivity index (χ0v) is 20.8. The Morgan fingerprint density at radius 3 is 2.57 bits per heavy atom. The highest BCUT2D eigenvalue weighted by Gasteiger charge is 2.22. The van der Waals surface area contributed by atoms with E-state index in [2.05, 4.69) is 59.9 Å². The fraction of sp³-hybridized carbons (Fsp3) is 0.321. The fourth-order valence-electron chi connectivity index (χ4n) is 3.54. The van der Waals surface area contributed by atoms with E-state index in [9.17, 15) is 4.79 Å². The minimum absolute atomic E-state index is 0.157. The SMILES string of the molecule is C/C=C(/C(=O)NCc1ccc(ONC2CC2)nc1)c1cnn(-c2ccc(C)cc2)c1/C=C(\C)CC. The average molecular weight is 472 g/mol. The van der Waals surface area contributed by atoms with Gasteiger partial charge in [-0.2, -0.15) is 10.6 Å². The quantitative estimate of drug-likeness (QED) is 0.316. The lowest BCUT2D eigenvalue weighted by Crippen LogP contribution is -2.24. The van der Waals surface area contributed by atoms with Crippen molar-refractivity contribution in [2.24, 2.45) is 0 Å². The highest BCUT2D eigenvalue weighted by molar-refractivity contribution is 6.20. The van der Waals surface area contributed by atoms with Gasteiger partial charge in [0.1, 0.15) is 0 Å². The maximum absolute atomic E-state index is 13.2. The number of pyridine rings is 1. The van der Waals surface area contributed by atoms with Gasteiger partial charge in [0.25, 0.3) is 5.91 Å². The summed E-state index contributed by atoms with van der Waals surface area (Å²) in [6.45, 7) is 8.51. The predicted octanol–water partition coefficient (Wildman–Crippen LogP) is 5.15. The van der Waals surface area contributed by atoms with E-state index in [1.54, 1.807) is 18.5 Å². The summed E-state index contributed by atoms with van der Waals surface area (Å²) in [6, 6.07) is 12.3. The average Bonchev–Trinajstić information content (AvgIpc) is 3.63. The summed E-state index contributed by atoms with van der Waals surface area (Å²) in [5.41, 5.74) is 9.49. The normalized spacial score (nSPS) is 14.2. The topological polar surface area (TPSA) is 81.1 Å². The number of carbonyl (C=O) groups excluding carboxylic acids is 1. The molecule has 7 heteroatoms. The highest BCUT2D eigenvalue weighted by Crippen LogP contribution is 2.26. The molecule has 1 fully saturated rings. The number of hydrogen-bond acceptors (Lipinski definition) is 5. The number of nitrogens with one attached hydrogen (secondary N) is 2. The maximum atomic E-state index is 13.2. The van der Waals surface area contributed by atoms with Crippen LogP contribution in [-0.4, -0.2) is 26.7 Å². The molecule has 0 atom stereocenters. The van der Waals surface area contributed by atoms with E-state index in [4.69, 9.17) is 4.84 Å². The van der Waals surface area contributed by atoms with Crippen LogP contribution in [0.15, 0.2) is 60.4 Å². The van der Waals surface area contributed by atoms with Crippen LogP contribution < -0.4 is 15.6 Å². The molecule has 4 rings (SSSR count). The van der Waals surface area contributed by atoms with Crippen LogP contribution in [0.4, 0.5) is 0 Å². The number of allylic oxidation sites excluding steroid dienone is 2. The lowest BCUT2D eigenvalue weighted by Gasteiger charge is -2.11. The minimum atomic E-state index is -0.157. The van der Waals surface area contributed by atoms with Gasteiger partial charge in [-0.25, -0.2) is 9.67 Å². The molecule has 1 aliphatic carbocycles.